The van der Waals surface area contributed by atoms with Crippen molar-refractivity contribution in [1.82, 2.24) is 9.88 Å². The van der Waals surface area contributed by atoms with Crippen molar-refractivity contribution < 1.29 is 9.53 Å². The van der Waals surface area contributed by atoms with Gasteiger partial charge >= 0.3 is 5.97 Å². The number of anilines is 1. The van der Waals surface area contributed by atoms with Crippen LogP contribution in [0.5, 0.6) is 0 Å². The molecule has 0 unspecified atom stereocenters. The average molecular weight is 277 g/mol. The van der Waals surface area contributed by atoms with Crippen molar-refractivity contribution in [3.63, 3.8) is 0 Å². The highest BCUT2D eigenvalue weighted by atomic mass is 16.5. The van der Waals surface area contributed by atoms with E-state index in [9.17, 15) is 4.79 Å². The molecule has 1 heterocycles. The number of carbonyl (C=O) groups excluding carboxylic acids is 1. The average Bonchev–Trinajstić information content (AvgIpc) is 2.37. The summed E-state index contributed by atoms with van der Waals surface area (Å²) in [6.45, 7) is 2.97. The maximum absolute atomic E-state index is 11.9. The Labute approximate surface area is 120 Å². The molecule has 0 spiro atoms. The first kappa shape index (κ1) is 14.8. The summed E-state index contributed by atoms with van der Waals surface area (Å²) in [6, 6.07) is 3.50. The SMILES string of the molecule is CCOC(=O)c1cccnc1NCC1(N(C)C)CCC1. The molecule has 0 aromatic carbocycles. The number of nitrogens with one attached hydrogen (secondary N) is 1. The number of carbonyl (C=O) groups is 1. The van der Waals surface area contributed by atoms with Gasteiger partial charge in [0.25, 0.3) is 0 Å². The summed E-state index contributed by atoms with van der Waals surface area (Å²) in [7, 11) is 4.21. The lowest BCUT2D eigenvalue weighted by molar-refractivity contribution is 0.0526. The van der Waals surface area contributed by atoms with E-state index in [0.717, 1.165) is 6.54 Å². The fraction of sp³-hybridized carbons (Fsp3) is 0.600. The quantitative estimate of drug-likeness (QED) is 0.808. The Morgan fingerprint density at radius 2 is 2.25 bits per heavy atom. The van der Waals surface area contributed by atoms with Gasteiger partial charge in [-0.1, -0.05) is 0 Å². The molecule has 1 aliphatic carbocycles. The Morgan fingerprint density at radius 1 is 1.50 bits per heavy atom. The second-order valence-corrected chi connectivity index (χ2v) is 5.45. The summed E-state index contributed by atoms with van der Waals surface area (Å²) < 4.78 is 5.06. The van der Waals surface area contributed by atoms with E-state index in [-0.39, 0.29) is 11.5 Å². The van der Waals surface area contributed by atoms with Crippen LogP contribution in [0, 0.1) is 0 Å². The predicted molar refractivity (Wildman–Crippen MR) is 79.0 cm³/mol. The molecule has 1 N–H and O–H groups in total. The van der Waals surface area contributed by atoms with Crippen molar-refractivity contribution in [2.45, 2.75) is 31.7 Å². The van der Waals surface area contributed by atoms with Gasteiger partial charge in [-0.3, -0.25) is 0 Å². The van der Waals surface area contributed by atoms with Crippen LogP contribution in [-0.2, 0) is 4.74 Å². The summed E-state index contributed by atoms with van der Waals surface area (Å²) in [5.41, 5.74) is 0.686. The summed E-state index contributed by atoms with van der Waals surface area (Å²) in [5, 5.41) is 3.32. The van der Waals surface area contributed by atoms with Gasteiger partial charge in [0.1, 0.15) is 11.4 Å². The Hall–Kier alpha value is -1.62. The van der Waals surface area contributed by atoms with Gasteiger partial charge in [0.05, 0.1) is 6.61 Å². The van der Waals surface area contributed by atoms with E-state index in [1.165, 1.54) is 19.3 Å². The first-order valence-electron chi connectivity index (χ1n) is 7.12. The number of aromatic nitrogens is 1. The molecule has 20 heavy (non-hydrogen) atoms. The molecule has 0 bridgehead atoms. The van der Waals surface area contributed by atoms with Gasteiger partial charge in [0.2, 0.25) is 0 Å². The first-order valence-corrected chi connectivity index (χ1v) is 7.12. The molecule has 1 saturated carbocycles. The molecule has 0 atom stereocenters. The van der Waals surface area contributed by atoms with Crippen molar-refractivity contribution in [2.24, 2.45) is 0 Å². The van der Waals surface area contributed by atoms with Crippen LogP contribution in [-0.4, -0.2) is 48.6 Å². The minimum atomic E-state index is -0.324. The number of ether oxygens (including phenoxy) is 1. The van der Waals surface area contributed by atoms with Crippen LogP contribution in [0.25, 0.3) is 0 Å². The van der Waals surface area contributed by atoms with Crippen LogP contribution < -0.4 is 5.32 Å². The van der Waals surface area contributed by atoms with E-state index in [1.807, 2.05) is 0 Å². The predicted octanol–water partition coefficient (Wildman–Crippen LogP) is 2.15. The second-order valence-electron chi connectivity index (χ2n) is 5.45. The molecular weight excluding hydrogens is 254 g/mol. The molecule has 0 aliphatic heterocycles. The Bertz CT molecular complexity index is 470. The molecule has 1 aromatic rings. The molecule has 1 fully saturated rings. The van der Waals surface area contributed by atoms with Gasteiger partial charge in [-0.15, -0.1) is 0 Å². The van der Waals surface area contributed by atoms with Gasteiger partial charge in [0, 0.05) is 18.3 Å². The number of likely N-dealkylation sites (N-methyl/N-ethyl adjacent to an activating group) is 1. The highest BCUT2D eigenvalue weighted by Gasteiger charge is 2.39. The molecule has 110 valence electrons. The molecule has 5 nitrogen and oxygen atoms in total. The van der Waals surface area contributed by atoms with Crippen molar-refractivity contribution >= 4 is 11.8 Å². The number of esters is 1. The van der Waals surface area contributed by atoms with Gasteiger partial charge in [0.15, 0.2) is 0 Å². The smallest absolute Gasteiger partial charge is 0.341 e. The molecule has 0 saturated heterocycles. The Balaban J connectivity index is 2.08. The van der Waals surface area contributed by atoms with Crippen LogP contribution in [0.1, 0.15) is 36.5 Å². The Kier molecular flexibility index (Phi) is 4.60. The molecule has 0 amide bonds. The van der Waals surface area contributed by atoms with Crippen LogP contribution in [0.4, 0.5) is 5.82 Å². The second kappa shape index (κ2) is 6.22. The van der Waals surface area contributed by atoms with Crippen LogP contribution in [0.15, 0.2) is 18.3 Å². The van der Waals surface area contributed by atoms with Gasteiger partial charge in [-0.2, -0.15) is 0 Å². The number of hydrogen-bond acceptors (Lipinski definition) is 5. The monoisotopic (exact) mass is 277 g/mol. The third-order valence-electron chi connectivity index (χ3n) is 4.12. The zero-order valence-corrected chi connectivity index (χ0v) is 12.5. The fourth-order valence-corrected chi connectivity index (χ4v) is 2.53. The van der Waals surface area contributed by atoms with Crippen LogP contribution in [0.2, 0.25) is 0 Å². The summed E-state index contributed by atoms with van der Waals surface area (Å²) in [6.07, 6.45) is 5.30. The number of nitrogens with zero attached hydrogens (tertiary/aromatic N) is 2. The lowest BCUT2D eigenvalue weighted by Gasteiger charge is -2.47. The molecule has 2 rings (SSSR count). The lowest BCUT2D eigenvalue weighted by Crippen LogP contribution is -2.54. The van der Waals surface area contributed by atoms with E-state index in [2.05, 4.69) is 29.3 Å². The van der Waals surface area contributed by atoms with E-state index in [1.54, 1.807) is 25.3 Å². The molecule has 1 aromatic heterocycles. The van der Waals surface area contributed by atoms with Crippen molar-refractivity contribution in [2.75, 3.05) is 32.6 Å². The maximum Gasteiger partial charge on any atom is 0.341 e. The topological polar surface area (TPSA) is 54.5 Å². The minimum Gasteiger partial charge on any atom is -0.462 e. The zero-order chi connectivity index (χ0) is 14.6. The van der Waals surface area contributed by atoms with E-state index >= 15 is 0 Å². The van der Waals surface area contributed by atoms with Crippen molar-refractivity contribution in [1.29, 1.82) is 0 Å². The standard InChI is InChI=1S/C15H23N3O2/c1-4-20-14(19)12-7-5-10-16-13(12)17-11-15(18(2)3)8-6-9-15/h5,7,10H,4,6,8-9,11H2,1-3H3,(H,16,17). The summed E-state index contributed by atoms with van der Waals surface area (Å²) >= 11 is 0. The zero-order valence-electron chi connectivity index (χ0n) is 12.5. The molecular formula is C15H23N3O2. The highest BCUT2D eigenvalue weighted by molar-refractivity contribution is 5.94. The highest BCUT2D eigenvalue weighted by Crippen LogP contribution is 2.36. The number of pyridine rings is 1. The third kappa shape index (κ3) is 2.93. The first-order chi connectivity index (χ1) is 9.59. The van der Waals surface area contributed by atoms with Gasteiger partial charge in [-0.25, -0.2) is 9.78 Å². The van der Waals surface area contributed by atoms with E-state index < -0.39 is 0 Å². The third-order valence-corrected chi connectivity index (χ3v) is 4.12. The van der Waals surface area contributed by atoms with Gasteiger partial charge in [-0.05, 0) is 52.4 Å². The Morgan fingerprint density at radius 3 is 2.80 bits per heavy atom. The lowest BCUT2D eigenvalue weighted by atomic mass is 9.75. The normalized spacial score (nSPS) is 16.6. The van der Waals surface area contributed by atoms with Crippen molar-refractivity contribution in [3.05, 3.63) is 23.9 Å². The van der Waals surface area contributed by atoms with Crippen LogP contribution >= 0.6 is 0 Å². The minimum absolute atomic E-state index is 0.184. The van der Waals surface area contributed by atoms with Crippen molar-refractivity contribution in [3.8, 4) is 0 Å². The van der Waals surface area contributed by atoms with Crippen LogP contribution in [0.3, 0.4) is 0 Å². The summed E-state index contributed by atoms with van der Waals surface area (Å²) in [4.78, 5) is 18.4. The fourth-order valence-electron chi connectivity index (χ4n) is 2.53. The van der Waals surface area contributed by atoms with Gasteiger partial charge < -0.3 is 15.0 Å². The van der Waals surface area contributed by atoms with E-state index in [4.69, 9.17) is 4.74 Å². The maximum atomic E-state index is 11.9. The number of rotatable bonds is 6. The molecule has 5 heteroatoms. The number of hydrogen-bond donors (Lipinski definition) is 1. The molecule has 0 radical (unpaired) electrons. The largest absolute Gasteiger partial charge is 0.462 e. The summed E-state index contributed by atoms with van der Waals surface area (Å²) in [5.74, 6) is 0.287. The van der Waals surface area contributed by atoms with E-state index in [0.29, 0.717) is 18.0 Å². The molecule has 1 aliphatic rings.